The Labute approximate surface area is 64.7 Å². The van der Waals surface area contributed by atoms with Gasteiger partial charge in [-0.05, 0) is 0 Å². The van der Waals surface area contributed by atoms with Gasteiger partial charge in [0.15, 0.2) is 0 Å². The van der Waals surface area contributed by atoms with Crippen molar-refractivity contribution in [2.45, 2.75) is 12.5 Å². The summed E-state index contributed by atoms with van der Waals surface area (Å²) in [5.41, 5.74) is -1.65. The Hall–Kier alpha value is -1.38. The van der Waals surface area contributed by atoms with Crippen molar-refractivity contribution in [2.24, 2.45) is 0 Å². The molecule has 0 aliphatic heterocycles. The van der Waals surface area contributed by atoms with Crippen LogP contribution in [0.3, 0.4) is 0 Å². The Bertz CT molecular complexity index is 365. The molecule has 0 saturated carbocycles. The average Bonchev–Trinajstić information content (AvgIpc) is 2.06. The maximum Gasteiger partial charge on any atom is 0.344 e. The number of nitrogens with one attached hydrogen (secondary N) is 2. The van der Waals surface area contributed by atoms with E-state index in [1.54, 1.807) is 4.98 Å². The maximum absolute atomic E-state index is 10.7. The van der Waals surface area contributed by atoms with Gasteiger partial charge in [-0.1, -0.05) is 0 Å². The number of nitrogens with zero attached hydrogens (tertiary/aromatic N) is 1. The zero-order valence-corrected chi connectivity index (χ0v) is 5.81. The van der Waals surface area contributed by atoms with Crippen LogP contribution in [0.5, 0.6) is 0 Å². The Morgan fingerprint density at radius 1 is 1.33 bits per heavy atom. The monoisotopic (exact) mass is 177 g/mol. The number of hydrogen-bond donors (Lipinski definition) is 5. The van der Waals surface area contributed by atoms with Crippen molar-refractivity contribution < 1.29 is 15.3 Å². The Morgan fingerprint density at radius 2 is 1.92 bits per heavy atom. The fourth-order valence-electron chi connectivity index (χ4n) is 0.689. The van der Waals surface area contributed by atoms with Gasteiger partial charge in [0.25, 0.3) is 5.97 Å². The van der Waals surface area contributed by atoms with Gasteiger partial charge in [-0.2, -0.15) is 0 Å². The SMILES string of the molecule is O=c1[nH]c(=O)n(CC(O)(O)O)[nH]1. The van der Waals surface area contributed by atoms with E-state index in [1.165, 1.54) is 0 Å². The molecule has 0 fully saturated rings. The fourth-order valence-corrected chi connectivity index (χ4v) is 0.689. The van der Waals surface area contributed by atoms with E-state index in [9.17, 15) is 9.59 Å². The largest absolute Gasteiger partial charge is 0.344 e. The Morgan fingerprint density at radius 3 is 2.25 bits per heavy atom. The fraction of sp³-hybridized carbons (Fsp3) is 0.500. The molecule has 0 saturated heterocycles. The number of aliphatic hydroxyl groups is 3. The van der Waals surface area contributed by atoms with E-state index >= 15 is 0 Å². The summed E-state index contributed by atoms with van der Waals surface area (Å²) in [6.07, 6.45) is 0. The molecule has 0 spiro atoms. The van der Waals surface area contributed by atoms with Gasteiger partial charge in [-0.3, -0.25) is 4.98 Å². The van der Waals surface area contributed by atoms with E-state index in [1.807, 2.05) is 5.10 Å². The number of aromatic amines is 2. The Balaban J connectivity index is 2.98. The molecule has 0 radical (unpaired) electrons. The summed E-state index contributed by atoms with van der Waals surface area (Å²) >= 11 is 0. The van der Waals surface area contributed by atoms with Gasteiger partial charge in [-0.15, -0.1) is 0 Å². The first kappa shape index (κ1) is 8.71. The number of aromatic nitrogens is 3. The van der Waals surface area contributed by atoms with E-state index in [-0.39, 0.29) is 0 Å². The van der Waals surface area contributed by atoms with Crippen LogP contribution in [0.2, 0.25) is 0 Å². The van der Waals surface area contributed by atoms with Crippen LogP contribution < -0.4 is 11.4 Å². The summed E-state index contributed by atoms with van der Waals surface area (Å²) in [7, 11) is 0. The average molecular weight is 177 g/mol. The van der Waals surface area contributed by atoms with Crippen LogP contribution >= 0.6 is 0 Å². The summed E-state index contributed by atoms with van der Waals surface area (Å²) < 4.78 is 0.530. The number of H-pyrrole nitrogens is 2. The molecule has 1 heterocycles. The summed E-state index contributed by atoms with van der Waals surface area (Å²) in [4.78, 5) is 22.9. The highest BCUT2D eigenvalue weighted by Gasteiger charge is 2.20. The summed E-state index contributed by atoms with van der Waals surface area (Å²) in [5.74, 6) is -3.02. The van der Waals surface area contributed by atoms with E-state index in [2.05, 4.69) is 0 Å². The van der Waals surface area contributed by atoms with Gasteiger partial charge in [-0.25, -0.2) is 19.4 Å². The van der Waals surface area contributed by atoms with Gasteiger partial charge in [0.05, 0.1) is 0 Å². The second-order valence-electron chi connectivity index (χ2n) is 2.23. The van der Waals surface area contributed by atoms with Crippen LogP contribution in [0.25, 0.3) is 0 Å². The molecule has 1 rings (SSSR count). The molecule has 0 amide bonds. The minimum absolute atomic E-state index is 0.530. The molecule has 0 aliphatic rings. The molecular weight excluding hydrogens is 170 g/mol. The number of rotatable bonds is 2. The lowest BCUT2D eigenvalue weighted by Gasteiger charge is -2.12. The van der Waals surface area contributed by atoms with Crippen molar-refractivity contribution in [3.63, 3.8) is 0 Å². The van der Waals surface area contributed by atoms with E-state index in [0.717, 1.165) is 0 Å². The maximum atomic E-state index is 10.7. The van der Waals surface area contributed by atoms with Crippen molar-refractivity contribution in [2.75, 3.05) is 0 Å². The van der Waals surface area contributed by atoms with Crippen LogP contribution in [0, 0.1) is 0 Å². The first-order valence-electron chi connectivity index (χ1n) is 2.95. The predicted molar refractivity (Wildman–Crippen MR) is 35.1 cm³/mol. The summed E-state index contributed by atoms with van der Waals surface area (Å²) in [6, 6.07) is 0. The Kier molecular flexibility index (Phi) is 1.88. The highest BCUT2D eigenvalue weighted by Crippen LogP contribution is 1.92. The molecule has 8 nitrogen and oxygen atoms in total. The molecule has 8 heteroatoms. The minimum Gasteiger partial charge on any atom is -0.342 e. The molecular formula is C4H7N3O5. The quantitative estimate of drug-likeness (QED) is 0.299. The van der Waals surface area contributed by atoms with Crippen molar-refractivity contribution in [3.05, 3.63) is 21.0 Å². The molecule has 0 aliphatic carbocycles. The highest BCUT2D eigenvalue weighted by molar-refractivity contribution is 4.63. The molecule has 12 heavy (non-hydrogen) atoms. The molecule has 0 bridgehead atoms. The van der Waals surface area contributed by atoms with Crippen molar-refractivity contribution in [1.82, 2.24) is 14.8 Å². The van der Waals surface area contributed by atoms with Crippen LogP contribution in [-0.2, 0) is 6.54 Å². The standard InChI is InChI=1S/C4H7N3O5/c8-2-5-3(9)7(6-2)1-4(10,11)12/h10-12H,1H2,(H2,5,6,8,9). The third kappa shape index (κ3) is 2.05. The van der Waals surface area contributed by atoms with Gasteiger partial charge in [0, 0.05) is 0 Å². The highest BCUT2D eigenvalue weighted by atomic mass is 16.7. The second-order valence-corrected chi connectivity index (χ2v) is 2.23. The first-order valence-corrected chi connectivity index (χ1v) is 2.95. The van der Waals surface area contributed by atoms with Crippen LogP contribution in [-0.4, -0.2) is 36.1 Å². The molecule has 1 aromatic heterocycles. The molecule has 5 N–H and O–H groups in total. The molecule has 68 valence electrons. The first-order chi connectivity index (χ1) is 5.38. The topological polar surface area (TPSA) is 131 Å². The van der Waals surface area contributed by atoms with Gasteiger partial charge < -0.3 is 15.3 Å². The second kappa shape index (κ2) is 2.59. The van der Waals surface area contributed by atoms with Gasteiger partial charge >= 0.3 is 11.4 Å². The predicted octanol–water partition coefficient (Wildman–Crippen LogP) is -3.50. The molecule has 0 atom stereocenters. The normalized spacial score (nSPS) is 11.9. The minimum atomic E-state index is -3.02. The number of hydrogen-bond acceptors (Lipinski definition) is 5. The van der Waals surface area contributed by atoms with Gasteiger partial charge in [0.1, 0.15) is 6.54 Å². The van der Waals surface area contributed by atoms with Gasteiger partial charge in [0.2, 0.25) is 0 Å². The zero-order valence-electron chi connectivity index (χ0n) is 5.81. The molecule has 1 aromatic rings. The van der Waals surface area contributed by atoms with Crippen molar-refractivity contribution in [1.29, 1.82) is 0 Å². The van der Waals surface area contributed by atoms with Crippen molar-refractivity contribution >= 4 is 0 Å². The third-order valence-electron chi connectivity index (χ3n) is 1.07. The third-order valence-corrected chi connectivity index (χ3v) is 1.07. The van der Waals surface area contributed by atoms with Crippen molar-refractivity contribution in [3.8, 4) is 0 Å². The van der Waals surface area contributed by atoms with Crippen LogP contribution in [0.1, 0.15) is 0 Å². The van der Waals surface area contributed by atoms with E-state index < -0.39 is 23.9 Å². The summed E-state index contributed by atoms with van der Waals surface area (Å²) in [6.45, 7) is -0.829. The van der Waals surface area contributed by atoms with E-state index in [0.29, 0.717) is 4.68 Å². The zero-order chi connectivity index (χ0) is 9.35. The van der Waals surface area contributed by atoms with E-state index in [4.69, 9.17) is 15.3 Å². The lowest BCUT2D eigenvalue weighted by Crippen LogP contribution is -2.37. The molecule has 0 unspecified atom stereocenters. The van der Waals surface area contributed by atoms with Crippen LogP contribution in [0.4, 0.5) is 0 Å². The lowest BCUT2D eigenvalue weighted by atomic mass is 10.5. The smallest absolute Gasteiger partial charge is 0.342 e. The lowest BCUT2D eigenvalue weighted by molar-refractivity contribution is -0.319. The van der Waals surface area contributed by atoms with Crippen LogP contribution in [0.15, 0.2) is 9.59 Å². The summed E-state index contributed by atoms with van der Waals surface area (Å²) in [5, 5.41) is 27.2. The molecule has 0 aromatic carbocycles.